The lowest BCUT2D eigenvalue weighted by Crippen LogP contribution is -2.43. The van der Waals surface area contributed by atoms with Gasteiger partial charge in [-0.3, -0.25) is 0 Å². The zero-order valence-electron chi connectivity index (χ0n) is 10.4. The summed E-state index contributed by atoms with van der Waals surface area (Å²) in [6, 6.07) is 0. The average molecular weight is 197 g/mol. The van der Waals surface area contributed by atoms with E-state index in [1.165, 1.54) is 38.5 Å². The smallest absolute Gasteiger partial charge is 0.0154 e. The first-order chi connectivity index (χ1) is 6.31. The van der Waals surface area contributed by atoms with Crippen LogP contribution in [0.4, 0.5) is 0 Å². The molecule has 0 aromatic carbocycles. The molecule has 0 bridgehead atoms. The van der Waals surface area contributed by atoms with Crippen LogP contribution in [0.1, 0.15) is 66.2 Å². The number of rotatable bonds is 2. The second-order valence-electron chi connectivity index (χ2n) is 6.61. The van der Waals surface area contributed by atoms with E-state index in [4.69, 9.17) is 5.73 Å². The summed E-state index contributed by atoms with van der Waals surface area (Å²) in [4.78, 5) is 0. The van der Waals surface area contributed by atoms with Gasteiger partial charge in [-0.2, -0.15) is 0 Å². The normalized spacial score (nSPS) is 34.5. The first-order valence-corrected chi connectivity index (χ1v) is 6.10. The van der Waals surface area contributed by atoms with Gasteiger partial charge in [-0.25, -0.2) is 0 Å². The third kappa shape index (κ3) is 4.00. The fourth-order valence-corrected chi connectivity index (χ4v) is 2.21. The Morgan fingerprint density at radius 2 is 1.71 bits per heavy atom. The van der Waals surface area contributed by atoms with Crippen LogP contribution < -0.4 is 5.73 Å². The van der Waals surface area contributed by atoms with Gasteiger partial charge in [0.15, 0.2) is 0 Å². The molecular formula is C13H27N. The van der Waals surface area contributed by atoms with Gasteiger partial charge in [-0.15, -0.1) is 0 Å². The summed E-state index contributed by atoms with van der Waals surface area (Å²) in [7, 11) is 0. The lowest BCUT2D eigenvalue weighted by Gasteiger charge is -2.38. The van der Waals surface area contributed by atoms with E-state index in [-0.39, 0.29) is 5.54 Å². The largest absolute Gasteiger partial charge is 0.325 e. The lowest BCUT2D eigenvalue weighted by molar-refractivity contribution is 0.203. The molecule has 0 heterocycles. The fraction of sp³-hybridized carbons (Fsp3) is 1.00. The molecule has 84 valence electrons. The Morgan fingerprint density at radius 1 is 1.21 bits per heavy atom. The van der Waals surface area contributed by atoms with Gasteiger partial charge in [0.1, 0.15) is 0 Å². The van der Waals surface area contributed by atoms with Gasteiger partial charge in [-0.05, 0) is 49.9 Å². The average Bonchev–Trinajstić information content (AvgIpc) is 2.07. The van der Waals surface area contributed by atoms with Crippen LogP contribution in [-0.4, -0.2) is 5.54 Å². The molecule has 1 nitrogen and oxygen atoms in total. The monoisotopic (exact) mass is 197 g/mol. The van der Waals surface area contributed by atoms with Crippen molar-refractivity contribution in [3.8, 4) is 0 Å². The maximum absolute atomic E-state index is 6.43. The van der Waals surface area contributed by atoms with Crippen LogP contribution >= 0.6 is 0 Å². The predicted molar refractivity (Wildman–Crippen MR) is 63.2 cm³/mol. The molecule has 0 amide bonds. The summed E-state index contributed by atoms with van der Waals surface area (Å²) >= 11 is 0. The lowest BCUT2D eigenvalue weighted by atomic mass is 9.73. The second-order valence-corrected chi connectivity index (χ2v) is 6.61. The Bertz CT molecular complexity index is 170. The molecule has 0 unspecified atom stereocenters. The van der Waals surface area contributed by atoms with Gasteiger partial charge in [0.05, 0.1) is 0 Å². The molecule has 0 aromatic heterocycles. The molecule has 1 heteroatoms. The van der Waals surface area contributed by atoms with E-state index in [1.807, 2.05) is 0 Å². The van der Waals surface area contributed by atoms with Gasteiger partial charge < -0.3 is 5.73 Å². The van der Waals surface area contributed by atoms with Crippen LogP contribution in [0, 0.1) is 11.3 Å². The highest BCUT2D eigenvalue weighted by molar-refractivity contribution is 4.89. The van der Waals surface area contributed by atoms with Crippen molar-refractivity contribution >= 4 is 0 Å². The molecule has 0 atom stereocenters. The number of hydrogen-bond acceptors (Lipinski definition) is 1. The van der Waals surface area contributed by atoms with E-state index < -0.39 is 0 Å². The molecule has 14 heavy (non-hydrogen) atoms. The summed E-state index contributed by atoms with van der Waals surface area (Å²) in [5.41, 5.74) is 7.03. The van der Waals surface area contributed by atoms with Crippen molar-refractivity contribution < 1.29 is 0 Å². The van der Waals surface area contributed by atoms with Crippen LogP contribution in [0.15, 0.2) is 0 Å². The van der Waals surface area contributed by atoms with Gasteiger partial charge >= 0.3 is 0 Å². The molecule has 1 aliphatic rings. The number of nitrogens with two attached hydrogens (primary N) is 1. The molecule has 1 aliphatic carbocycles. The van der Waals surface area contributed by atoms with E-state index in [0.717, 1.165) is 5.92 Å². The zero-order valence-corrected chi connectivity index (χ0v) is 10.4. The Kier molecular flexibility index (Phi) is 3.63. The Morgan fingerprint density at radius 3 is 2.14 bits per heavy atom. The predicted octanol–water partition coefficient (Wildman–Crippen LogP) is 3.72. The first-order valence-electron chi connectivity index (χ1n) is 6.10. The maximum atomic E-state index is 6.43. The Balaban J connectivity index is 2.36. The highest BCUT2D eigenvalue weighted by atomic mass is 14.7. The molecule has 0 saturated heterocycles. The van der Waals surface area contributed by atoms with E-state index in [0.29, 0.717) is 5.41 Å². The highest BCUT2D eigenvalue weighted by Gasteiger charge is 2.30. The van der Waals surface area contributed by atoms with Crippen LogP contribution in [0.3, 0.4) is 0 Å². The van der Waals surface area contributed by atoms with Crippen LogP contribution in [-0.2, 0) is 0 Å². The van der Waals surface area contributed by atoms with Gasteiger partial charge in [0.2, 0.25) is 0 Å². The van der Waals surface area contributed by atoms with Gasteiger partial charge in [-0.1, -0.05) is 27.7 Å². The van der Waals surface area contributed by atoms with E-state index in [2.05, 4.69) is 27.7 Å². The van der Waals surface area contributed by atoms with Crippen molar-refractivity contribution in [2.75, 3.05) is 0 Å². The van der Waals surface area contributed by atoms with Crippen LogP contribution in [0.5, 0.6) is 0 Å². The summed E-state index contributed by atoms with van der Waals surface area (Å²) in [5, 5.41) is 0. The minimum atomic E-state index is 0.166. The Labute approximate surface area is 89.5 Å². The molecule has 0 aromatic rings. The molecule has 1 fully saturated rings. The third-order valence-electron chi connectivity index (χ3n) is 3.64. The quantitative estimate of drug-likeness (QED) is 0.717. The molecule has 1 saturated carbocycles. The van der Waals surface area contributed by atoms with Crippen molar-refractivity contribution in [3.63, 3.8) is 0 Å². The zero-order chi connectivity index (χ0) is 10.8. The van der Waals surface area contributed by atoms with Crippen molar-refractivity contribution in [1.82, 2.24) is 0 Å². The summed E-state index contributed by atoms with van der Waals surface area (Å²) in [6.45, 7) is 9.27. The minimum absolute atomic E-state index is 0.166. The van der Waals surface area contributed by atoms with Crippen molar-refractivity contribution in [3.05, 3.63) is 0 Å². The molecule has 1 rings (SSSR count). The second kappa shape index (κ2) is 4.22. The van der Waals surface area contributed by atoms with Crippen molar-refractivity contribution in [2.45, 2.75) is 71.8 Å². The van der Waals surface area contributed by atoms with Crippen LogP contribution in [0.25, 0.3) is 0 Å². The van der Waals surface area contributed by atoms with E-state index in [9.17, 15) is 0 Å². The van der Waals surface area contributed by atoms with E-state index >= 15 is 0 Å². The molecule has 2 N–H and O–H groups in total. The maximum Gasteiger partial charge on any atom is 0.0154 e. The standard InChI is InChI=1S/C13H27N/c1-11-5-7-13(14,8-6-11)10-9-12(2,3)4/h11H,5-10,14H2,1-4H3. The summed E-state index contributed by atoms with van der Waals surface area (Å²) in [5.74, 6) is 0.904. The summed E-state index contributed by atoms with van der Waals surface area (Å²) < 4.78 is 0. The van der Waals surface area contributed by atoms with Gasteiger partial charge in [0, 0.05) is 5.54 Å². The highest BCUT2D eigenvalue weighted by Crippen LogP contribution is 2.35. The first kappa shape index (κ1) is 12.0. The molecular weight excluding hydrogens is 170 g/mol. The third-order valence-corrected chi connectivity index (χ3v) is 3.64. The SMILES string of the molecule is CC1CCC(N)(CCC(C)(C)C)CC1. The molecule has 0 spiro atoms. The molecule has 0 radical (unpaired) electrons. The van der Waals surface area contributed by atoms with E-state index in [1.54, 1.807) is 0 Å². The van der Waals surface area contributed by atoms with Crippen LogP contribution in [0.2, 0.25) is 0 Å². The van der Waals surface area contributed by atoms with Gasteiger partial charge in [0.25, 0.3) is 0 Å². The minimum Gasteiger partial charge on any atom is -0.325 e. The molecule has 0 aliphatic heterocycles. The topological polar surface area (TPSA) is 26.0 Å². The number of hydrogen-bond donors (Lipinski definition) is 1. The summed E-state index contributed by atoms with van der Waals surface area (Å²) in [6.07, 6.45) is 7.62. The fourth-order valence-electron chi connectivity index (χ4n) is 2.21. The Hall–Kier alpha value is -0.0400. The van der Waals surface area contributed by atoms with Crippen molar-refractivity contribution in [1.29, 1.82) is 0 Å². The van der Waals surface area contributed by atoms with Crippen molar-refractivity contribution in [2.24, 2.45) is 17.1 Å².